The summed E-state index contributed by atoms with van der Waals surface area (Å²) in [6, 6.07) is 18.6. The van der Waals surface area contributed by atoms with Gasteiger partial charge >= 0.3 is 6.03 Å². The van der Waals surface area contributed by atoms with Crippen LogP contribution in [0.15, 0.2) is 79.1 Å². The van der Waals surface area contributed by atoms with Crippen LogP contribution in [0.2, 0.25) is 5.02 Å². The number of anilines is 3. The standard InChI is InChI=1S/C24H18ClN5O4/c25-19-6-1-2-7-20(19)29-24(32)28-17-12-26-30(13-17)18-5-3-4-15(10-18)23(31)27-16-8-9-21-22(11-16)34-14-33-21/h1-13H,14H2,(H,27,31)(H2,28,29,32). The van der Waals surface area contributed by atoms with E-state index in [1.807, 2.05) is 0 Å². The van der Waals surface area contributed by atoms with Gasteiger partial charge in [-0.25, -0.2) is 9.48 Å². The maximum atomic E-state index is 12.8. The number of nitrogens with zero attached hydrogens (tertiary/aromatic N) is 2. The van der Waals surface area contributed by atoms with Gasteiger partial charge in [-0.3, -0.25) is 4.79 Å². The Hall–Kier alpha value is -4.50. The van der Waals surface area contributed by atoms with Gasteiger partial charge in [0, 0.05) is 17.3 Å². The van der Waals surface area contributed by atoms with Crippen LogP contribution in [0.1, 0.15) is 10.4 Å². The molecule has 0 fully saturated rings. The number of amides is 3. The second kappa shape index (κ2) is 9.16. The zero-order valence-electron chi connectivity index (χ0n) is 17.6. The molecule has 0 spiro atoms. The zero-order valence-corrected chi connectivity index (χ0v) is 18.4. The third kappa shape index (κ3) is 4.64. The SMILES string of the molecule is O=C(Nc1cnn(-c2cccc(C(=O)Nc3ccc4c(c3)OCO4)c2)c1)Nc1ccccc1Cl. The van der Waals surface area contributed by atoms with Crippen LogP contribution in [0.3, 0.4) is 0 Å². The fraction of sp³-hybridized carbons (Fsp3) is 0.0417. The number of ether oxygens (including phenoxy) is 2. The topological polar surface area (TPSA) is 107 Å². The lowest BCUT2D eigenvalue weighted by atomic mass is 10.2. The molecule has 10 heteroatoms. The zero-order chi connectivity index (χ0) is 23.5. The van der Waals surface area contributed by atoms with Crippen LogP contribution in [0, 0.1) is 0 Å². The summed E-state index contributed by atoms with van der Waals surface area (Å²) in [6.45, 7) is 0.164. The Morgan fingerprint density at radius 3 is 2.62 bits per heavy atom. The number of hydrogen-bond acceptors (Lipinski definition) is 5. The van der Waals surface area contributed by atoms with Crippen LogP contribution in [-0.4, -0.2) is 28.5 Å². The van der Waals surface area contributed by atoms with Crippen molar-refractivity contribution in [3.63, 3.8) is 0 Å². The minimum atomic E-state index is -0.454. The normalized spacial score (nSPS) is 11.7. The first-order chi connectivity index (χ1) is 16.5. The van der Waals surface area contributed by atoms with Crippen molar-refractivity contribution in [2.24, 2.45) is 0 Å². The predicted molar refractivity (Wildman–Crippen MR) is 128 cm³/mol. The van der Waals surface area contributed by atoms with E-state index in [-0.39, 0.29) is 12.7 Å². The van der Waals surface area contributed by atoms with Crippen molar-refractivity contribution in [1.29, 1.82) is 0 Å². The highest BCUT2D eigenvalue weighted by atomic mass is 35.5. The largest absolute Gasteiger partial charge is 0.454 e. The van der Waals surface area contributed by atoms with Crippen molar-refractivity contribution in [2.45, 2.75) is 0 Å². The second-order valence-corrected chi connectivity index (χ2v) is 7.71. The van der Waals surface area contributed by atoms with E-state index in [1.54, 1.807) is 77.6 Å². The highest BCUT2D eigenvalue weighted by Gasteiger charge is 2.15. The van der Waals surface area contributed by atoms with Crippen LogP contribution in [0.5, 0.6) is 11.5 Å². The molecular formula is C24H18ClN5O4. The Kier molecular flexibility index (Phi) is 5.75. The molecule has 1 aliphatic heterocycles. The number of rotatable bonds is 5. The van der Waals surface area contributed by atoms with E-state index in [0.29, 0.717) is 44.8 Å². The van der Waals surface area contributed by atoms with Crippen molar-refractivity contribution in [2.75, 3.05) is 22.7 Å². The number of carbonyl (C=O) groups is 2. The number of carbonyl (C=O) groups excluding carboxylic acids is 2. The van der Waals surface area contributed by atoms with Crippen LogP contribution >= 0.6 is 11.6 Å². The number of para-hydroxylation sites is 1. The summed E-state index contributed by atoms with van der Waals surface area (Å²) in [5.41, 5.74) is 2.65. The molecule has 3 N–H and O–H groups in total. The third-order valence-corrected chi connectivity index (χ3v) is 5.30. The van der Waals surface area contributed by atoms with Crippen LogP contribution in [0.25, 0.3) is 5.69 Å². The monoisotopic (exact) mass is 475 g/mol. The fourth-order valence-corrected chi connectivity index (χ4v) is 3.53. The Morgan fingerprint density at radius 2 is 1.74 bits per heavy atom. The first-order valence-electron chi connectivity index (χ1n) is 10.2. The molecule has 170 valence electrons. The number of hydrogen-bond donors (Lipinski definition) is 3. The highest BCUT2D eigenvalue weighted by molar-refractivity contribution is 6.33. The van der Waals surface area contributed by atoms with E-state index in [1.165, 1.54) is 6.20 Å². The molecule has 1 aliphatic rings. The molecule has 9 nitrogen and oxygen atoms in total. The first-order valence-corrected chi connectivity index (χ1v) is 10.6. The molecule has 0 bridgehead atoms. The highest BCUT2D eigenvalue weighted by Crippen LogP contribution is 2.34. The Labute approximate surface area is 199 Å². The van der Waals surface area contributed by atoms with Gasteiger partial charge in [0.15, 0.2) is 11.5 Å². The van der Waals surface area contributed by atoms with Gasteiger partial charge < -0.3 is 25.4 Å². The van der Waals surface area contributed by atoms with Gasteiger partial charge in [0.1, 0.15) is 0 Å². The smallest absolute Gasteiger partial charge is 0.323 e. The average Bonchev–Trinajstić information content (AvgIpc) is 3.50. The van der Waals surface area contributed by atoms with E-state index < -0.39 is 6.03 Å². The number of aromatic nitrogens is 2. The number of fused-ring (bicyclic) bond motifs is 1. The Morgan fingerprint density at radius 1 is 0.882 bits per heavy atom. The van der Waals surface area contributed by atoms with E-state index in [9.17, 15) is 9.59 Å². The summed E-state index contributed by atoms with van der Waals surface area (Å²) in [7, 11) is 0. The maximum Gasteiger partial charge on any atom is 0.323 e. The van der Waals surface area contributed by atoms with Gasteiger partial charge in [0.05, 0.1) is 34.5 Å². The number of nitrogens with one attached hydrogen (secondary N) is 3. The van der Waals surface area contributed by atoms with Crippen LogP contribution in [0.4, 0.5) is 21.9 Å². The van der Waals surface area contributed by atoms with Crippen molar-refractivity contribution < 1.29 is 19.1 Å². The predicted octanol–water partition coefficient (Wildman–Crippen LogP) is 5.15. The van der Waals surface area contributed by atoms with Crippen LogP contribution in [-0.2, 0) is 0 Å². The molecule has 3 aromatic carbocycles. The van der Waals surface area contributed by atoms with E-state index >= 15 is 0 Å². The summed E-state index contributed by atoms with van der Waals surface area (Å²) in [5, 5.41) is 12.9. The molecule has 0 saturated carbocycles. The van der Waals surface area contributed by atoms with E-state index in [4.69, 9.17) is 21.1 Å². The summed E-state index contributed by atoms with van der Waals surface area (Å²) in [6.07, 6.45) is 3.15. The molecule has 1 aromatic heterocycles. The van der Waals surface area contributed by atoms with Crippen molar-refractivity contribution >= 4 is 40.6 Å². The van der Waals surface area contributed by atoms with Gasteiger partial charge in [-0.2, -0.15) is 5.10 Å². The van der Waals surface area contributed by atoms with E-state index in [0.717, 1.165) is 0 Å². The molecule has 0 atom stereocenters. The lowest BCUT2D eigenvalue weighted by Crippen LogP contribution is -2.19. The van der Waals surface area contributed by atoms with Crippen molar-refractivity contribution in [1.82, 2.24) is 9.78 Å². The number of urea groups is 1. The summed E-state index contributed by atoms with van der Waals surface area (Å²) >= 11 is 6.07. The molecule has 0 aliphatic carbocycles. The third-order valence-electron chi connectivity index (χ3n) is 4.97. The van der Waals surface area contributed by atoms with Crippen molar-refractivity contribution in [3.8, 4) is 17.2 Å². The number of halogens is 1. The minimum Gasteiger partial charge on any atom is -0.454 e. The van der Waals surface area contributed by atoms with Gasteiger partial charge in [-0.1, -0.05) is 29.8 Å². The minimum absolute atomic E-state index is 0.164. The molecule has 3 amide bonds. The summed E-state index contributed by atoms with van der Waals surface area (Å²) in [5.74, 6) is 0.940. The fourth-order valence-electron chi connectivity index (χ4n) is 3.34. The molecule has 0 saturated heterocycles. The molecule has 4 aromatic rings. The van der Waals surface area contributed by atoms with Gasteiger partial charge in [-0.05, 0) is 42.5 Å². The van der Waals surface area contributed by atoms with Crippen molar-refractivity contribution in [3.05, 3.63) is 89.7 Å². The molecule has 2 heterocycles. The molecule has 0 radical (unpaired) electrons. The average molecular weight is 476 g/mol. The molecule has 5 rings (SSSR count). The Bertz CT molecular complexity index is 1390. The molecule has 0 unspecified atom stereocenters. The van der Waals surface area contributed by atoms with Gasteiger partial charge in [0.25, 0.3) is 5.91 Å². The molecule has 34 heavy (non-hydrogen) atoms. The lowest BCUT2D eigenvalue weighted by molar-refractivity contribution is 0.102. The van der Waals surface area contributed by atoms with E-state index in [2.05, 4.69) is 21.0 Å². The van der Waals surface area contributed by atoms with Gasteiger partial charge in [0.2, 0.25) is 6.79 Å². The van der Waals surface area contributed by atoms with Gasteiger partial charge in [-0.15, -0.1) is 0 Å². The van der Waals surface area contributed by atoms with Crippen LogP contribution < -0.4 is 25.4 Å². The quantitative estimate of drug-likeness (QED) is 0.370. The number of benzene rings is 3. The molecular weight excluding hydrogens is 458 g/mol. The Balaban J connectivity index is 1.26. The second-order valence-electron chi connectivity index (χ2n) is 7.31. The maximum absolute atomic E-state index is 12.8. The first kappa shape index (κ1) is 21.4. The summed E-state index contributed by atoms with van der Waals surface area (Å²) < 4.78 is 12.2. The summed E-state index contributed by atoms with van der Waals surface area (Å²) in [4.78, 5) is 25.0. The lowest BCUT2D eigenvalue weighted by Gasteiger charge is -2.08.